The lowest BCUT2D eigenvalue weighted by molar-refractivity contribution is -0.136. The van der Waals surface area contributed by atoms with Crippen LogP contribution in [0, 0.1) is 18.3 Å². The molecular formula is C19H18ClNO3. The van der Waals surface area contributed by atoms with E-state index < -0.39 is 5.97 Å². The zero-order valence-corrected chi connectivity index (χ0v) is 14.6. The largest absolute Gasteiger partial charge is 0.482 e. The Kier molecular flexibility index (Phi) is 5.83. The molecule has 0 saturated heterocycles. The minimum Gasteiger partial charge on any atom is -0.482 e. The van der Waals surface area contributed by atoms with Crippen LogP contribution in [0.15, 0.2) is 36.4 Å². The summed E-state index contributed by atoms with van der Waals surface area (Å²) in [5.41, 5.74) is 2.49. The van der Waals surface area contributed by atoms with Gasteiger partial charge < -0.3 is 9.47 Å². The van der Waals surface area contributed by atoms with Gasteiger partial charge in [-0.05, 0) is 48.2 Å². The molecule has 0 atom stereocenters. The summed E-state index contributed by atoms with van der Waals surface area (Å²) in [7, 11) is 0. The zero-order chi connectivity index (χ0) is 17.7. The van der Waals surface area contributed by atoms with Gasteiger partial charge >= 0.3 is 5.97 Å². The van der Waals surface area contributed by atoms with Crippen LogP contribution in [0.4, 0.5) is 0 Å². The van der Waals surface area contributed by atoms with Gasteiger partial charge in [-0.2, -0.15) is 5.26 Å². The van der Waals surface area contributed by atoms with E-state index in [-0.39, 0.29) is 23.3 Å². The highest BCUT2D eigenvalue weighted by atomic mass is 35.5. The number of carbonyl (C=O) groups is 1. The van der Waals surface area contributed by atoms with E-state index in [4.69, 9.17) is 26.3 Å². The van der Waals surface area contributed by atoms with Crippen molar-refractivity contribution in [2.45, 2.75) is 26.7 Å². The molecule has 2 aromatic carbocycles. The van der Waals surface area contributed by atoms with Crippen molar-refractivity contribution in [3.63, 3.8) is 0 Å². The normalized spacial score (nSPS) is 10.3. The van der Waals surface area contributed by atoms with Crippen molar-refractivity contribution in [3.05, 3.63) is 58.1 Å². The number of benzene rings is 2. The number of esters is 1. The van der Waals surface area contributed by atoms with Crippen LogP contribution < -0.4 is 9.47 Å². The second-order valence-electron chi connectivity index (χ2n) is 5.72. The summed E-state index contributed by atoms with van der Waals surface area (Å²) in [6.07, 6.45) is 0. The number of halogens is 1. The molecule has 0 saturated carbocycles. The molecule has 5 heteroatoms. The number of hydrogen-bond acceptors (Lipinski definition) is 4. The summed E-state index contributed by atoms with van der Waals surface area (Å²) < 4.78 is 10.8. The van der Waals surface area contributed by atoms with Crippen molar-refractivity contribution in [3.8, 4) is 17.6 Å². The Balaban J connectivity index is 2.04. The van der Waals surface area contributed by atoms with Gasteiger partial charge in [-0.1, -0.05) is 37.6 Å². The molecule has 124 valence electrons. The number of hydrogen-bond donors (Lipinski definition) is 0. The van der Waals surface area contributed by atoms with Crippen molar-refractivity contribution >= 4 is 17.6 Å². The lowest BCUT2D eigenvalue weighted by Gasteiger charge is -2.14. The molecule has 0 heterocycles. The van der Waals surface area contributed by atoms with Crippen LogP contribution in [0.1, 0.15) is 36.5 Å². The summed E-state index contributed by atoms with van der Waals surface area (Å²) in [5.74, 6) is 0.605. The second kappa shape index (κ2) is 7.85. The Morgan fingerprint density at radius 2 is 1.96 bits per heavy atom. The van der Waals surface area contributed by atoms with Gasteiger partial charge in [0.25, 0.3) is 0 Å². The van der Waals surface area contributed by atoms with Gasteiger partial charge in [0.1, 0.15) is 11.5 Å². The van der Waals surface area contributed by atoms with Crippen LogP contribution in [0.25, 0.3) is 0 Å². The van der Waals surface area contributed by atoms with E-state index in [0.717, 1.165) is 11.1 Å². The molecule has 0 aliphatic heterocycles. The summed E-state index contributed by atoms with van der Waals surface area (Å²) in [6.45, 7) is 5.87. The molecule has 0 amide bonds. The highest BCUT2D eigenvalue weighted by molar-refractivity contribution is 6.32. The average molecular weight is 344 g/mol. The van der Waals surface area contributed by atoms with Crippen molar-refractivity contribution < 1.29 is 14.3 Å². The number of aryl methyl sites for hydroxylation is 1. The Morgan fingerprint density at radius 1 is 1.21 bits per heavy atom. The average Bonchev–Trinajstić information content (AvgIpc) is 2.54. The van der Waals surface area contributed by atoms with Crippen molar-refractivity contribution in [1.82, 2.24) is 0 Å². The maximum Gasteiger partial charge on any atom is 0.349 e. The lowest BCUT2D eigenvalue weighted by atomic mass is 10.0. The molecule has 24 heavy (non-hydrogen) atoms. The first kappa shape index (κ1) is 17.8. The molecule has 0 bridgehead atoms. The minimum atomic E-state index is -0.558. The Bertz CT molecular complexity index is 794. The van der Waals surface area contributed by atoms with Crippen molar-refractivity contribution in [2.75, 3.05) is 6.61 Å². The number of carbonyl (C=O) groups excluding carboxylic acids is 1. The monoisotopic (exact) mass is 343 g/mol. The van der Waals surface area contributed by atoms with Crippen LogP contribution >= 0.6 is 11.6 Å². The van der Waals surface area contributed by atoms with Crippen LogP contribution in [-0.4, -0.2) is 12.6 Å². The van der Waals surface area contributed by atoms with Gasteiger partial charge in [0.2, 0.25) is 0 Å². The molecule has 0 fully saturated rings. The highest BCUT2D eigenvalue weighted by Gasteiger charge is 2.13. The molecule has 2 aromatic rings. The van der Waals surface area contributed by atoms with Gasteiger partial charge in [0.15, 0.2) is 6.61 Å². The third-order valence-electron chi connectivity index (χ3n) is 3.42. The van der Waals surface area contributed by atoms with Crippen LogP contribution in [0.3, 0.4) is 0 Å². The maximum atomic E-state index is 12.0. The second-order valence-corrected chi connectivity index (χ2v) is 6.12. The minimum absolute atomic E-state index is 0.206. The lowest BCUT2D eigenvalue weighted by Crippen LogP contribution is -2.18. The van der Waals surface area contributed by atoms with Gasteiger partial charge in [-0.3, -0.25) is 0 Å². The Labute approximate surface area is 146 Å². The van der Waals surface area contributed by atoms with E-state index in [2.05, 4.69) is 13.8 Å². The maximum absolute atomic E-state index is 12.0. The molecule has 4 nitrogen and oxygen atoms in total. The van der Waals surface area contributed by atoms with Crippen LogP contribution in [0.5, 0.6) is 11.5 Å². The van der Waals surface area contributed by atoms with Crippen LogP contribution in [-0.2, 0) is 4.79 Å². The van der Waals surface area contributed by atoms with Gasteiger partial charge in [-0.25, -0.2) is 4.79 Å². The van der Waals surface area contributed by atoms with E-state index in [1.54, 1.807) is 0 Å². The first-order valence-electron chi connectivity index (χ1n) is 7.54. The van der Waals surface area contributed by atoms with E-state index in [9.17, 15) is 4.79 Å². The fourth-order valence-corrected chi connectivity index (χ4v) is 2.40. The third-order valence-corrected chi connectivity index (χ3v) is 3.72. The number of nitrogens with zero attached hydrogens (tertiary/aromatic N) is 1. The molecular weight excluding hydrogens is 326 g/mol. The Hall–Kier alpha value is -2.51. The molecule has 0 aromatic heterocycles. The summed E-state index contributed by atoms with van der Waals surface area (Å²) >= 11 is 5.99. The van der Waals surface area contributed by atoms with E-state index in [0.29, 0.717) is 11.3 Å². The first-order valence-corrected chi connectivity index (χ1v) is 7.92. The SMILES string of the molecule is Cc1ccc(C(C)C)c(OCC(=O)Oc2ccc(C#N)cc2Cl)c1. The molecule has 0 radical (unpaired) electrons. The van der Waals surface area contributed by atoms with Crippen molar-refractivity contribution in [1.29, 1.82) is 5.26 Å². The topological polar surface area (TPSA) is 59.3 Å². The summed E-state index contributed by atoms with van der Waals surface area (Å²) in [4.78, 5) is 12.0. The summed E-state index contributed by atoms with van der Waals surface area (Å²) in [5, 5.41) is 9.01. The number of nitriles is 1. The molecule has 0 unspecified atom stereocenters. The fourth-order valence-electron chi connectivity index (χ4n) is 2.19. The molecule has 2 rings (SSSR count). The van der Waals surface area contributed by atoms with Gasteiger partial charge in [-0.15, -0.1) is 0 Å². The smallest absolute Gasteiger partial charge is 0.349 e. The van der Waals surface area contributed by atoms with E-state index in [1.807, 2.05) is 31.2 Å². The fraction of sp³-hybridized carbons (Fsp3) is 0.263. The van der Waals surface area contributed by atoms with Gasteiger partial charge in [0.05, 0.1) is 16.7 Å². The quantitative estimate of drug-likeness (QED) is 0.586. The third kappa shape index (κ3) is 4.50. The molecule has 0 spiro atoms. The van der Waals surface area contributed by atoms with Gasteiger partial charge in [0, 0.05) is 0 Å². The molecule has 0 aliphatic carbocycles. The standard InChI is InChI=1S/C19H18ClNO3/c1-12(2)15-6-4-13(3)8-18(15)23-11-19(22)24-17-7-5-14(10-21)9-16(17)20/h4-9,12H,11H2,1-3H3. The zero-order valence-electron chi connectivity index (χ0n) is 13.8. The Morgan fingerprint density at radius 3 is 2.58 bits per heavy atom. The first-order chi connectivity index (χ1) is 11.4. The van der Waals surface area contributed by atoms with Crippen molar-refractivity contribution in [2.24, 2.45) is 0 Å². The molecule has 0 N–H and O–H groups in total. The van der Waals surface area contributed by atoms with E-state index in [1.165, 1.54) is 18.2 Å². The summed E-state index contributed by atoms with van der Waals surface area (Å²) in [6, 6.07) is 12.3. The van der Waals surface area contributed by atoms with Crippen LogP contribution in [0.2, 0.25) is 5.02 Å². The number of rotatable bonds is 5. The van der Waals surface area contributed by atoms with E-state index >= 15 is 0 Å². The predicted molar refractivity (Wildman–Crippen MR) is 92.6 cm³/mol. The number of ether oxygens (including phenoxy) is 2. The molecule has 0 aliphatic rings. The predicted octanol–water partition coefficient (Wildman–Crippen LogP) is 4.63. The highest BCUT2D eigenvalue weighted by Crippen LogP contribution is 2.28.